The van der Waals surface area contributed by atoms with E-state index in [0.717, 1.165) is 22.5 Å². The van der Waals surface area contributed by atoms with Crippen molar-refractivity contribution >= 4 is 27.8 Å². The quantitative estimate of drug-likeness (QED) is 0.410. The molecule has 0 amide bonds. The molecule has 2 nitrogen and oxygen atoms in total. The standard InChI is InChI=1S/C23H16N2/c1-24-20-13-9-17(10-14-20)18-11-15-21(16-12-18)25-23-8-4-6-19-5-2-3-7-22(19)23/h2-16,25H. The number of hydrogen-bond acceptors (Lipinski definition) is 1. The molecule has 0 aliphatic heterocycles. The second-order valence-electron chi connectivity index (χ2n) is 5.89. The van der Waals surface area contributed by atoms with E-state index < -0.39 is 0 Å². The lowest BCUT2D eigenvalue weighted by Crippen LogP contribution is -1.91. The molecule has 0 bridgehead atoms. The molecule has 0 aromatic heterocycles. The highest BCUT2D eigenvalue weighted by atomic mass is 14.9. The van der Waals surface area contributed by atoms with Gasteiger partial charge >= 0.3 is 0 Å². The summed E-state index contributed by atoms with van der Waals surface area (Å²) in [6, 6.07) is 30.7. The van der Waals surface area contributed by atoms with E-state index in [1.54, 1.807) is 0 Å². The van der Waals surface area contributed by atoms with E-state index in [9.17, 15) is 0 Å². The zero-order valence-electron chi connectivity index (χ0n) is 13.6. The zero-order chi connectivity index (χ0) is 17.1. The van der Waals surface area contributed by atoms with Crippen LogP contribution >= 0.6 is 0 Å². The summed E-state index contributed by atoms with van der Waals surface area (Å²) in [4.78, 5) is 3.43. The number of anilines is 2. The summed E-state index contributed by atoms with van der Waals surface area (Å²) in [5.74, 6) is 0. The number of nitrogens with zero attached hydrogens (tertiary/aromatic N) is 1. The largest absolute Gasteiger partial charge is 0.355 e. The summed E-state index contributed by atoms with van der Waals surface area (Å²) in [6.07, 6.45) is 0. The zero-order valence-corrected chi connectivity index (χ0v) is 13.6. The molecule has 118 valence electrons. The van der Waals surface area contributed by atoms with Crippen LogP contribution in [0.2, 0.25) is 0 Å². The van der Waals surface area contributed by atoms with Crippen LogP contribution in [0, 0.1) is 6.57 Å². The molecule has 0 saturated carbocycles. The lowest BCUT2D eigenvalue weighted by atomic mass is 10.0. The third-order valence-corrected chi connectivity index (χ3v) is 4.28. The van der Waals surface area contributed by atoms with Gasteiger partial charge in [0.2, 0.25) is 0 Å². The second-order valence-corrected chi connectivity index (χ2v) is 5.89. The fourth-order valence-corrected chi connectivity index (χ4v) is 2.96. The van der Waals surface area contributed by atoms with Crippen LogP contribution in [0.5, 0.6) is 0 Å². The van der Waals surface area contributed by atoms with E-state index in [4.69, 9.17) is 6.57 Å². The monoisotopic (exact) mass is 320 g/mol. The van der Waals surface area contributed by atoms with Crippen molar-refractivity contribution in [2.75, 3.05) is 5.32 Å². The van der Waals surface area contributed by atoms with Gasteiger partial charge in [-0.15, -0.1) is 0 Å². The molecule has 0 unspecified atom stereocenters. The highest BCUT2D eigenvalue weighted by molar-refractivity contribution is 5.95. The first-order valence-corrected chi connectivity index (χ1v) is 8.16. The van der Waals surface area contributed by atoms with E-state index in [0.29, 0.717) is 5.69 Å². The van der Waals surface area contributed by atoms with Crippen molar-refractivity contribution < 1.29 is 0 Å². The van der Waals surface area contributed by atoms with Crippen molar-refractivity contribution in [3.05, 3.63) is 102 Å². The van der Waals surface area contributed by atoms with Crippen molar-refractivity contribution in [3.63, 3.8) is 0 Å². The van der Waals surface area contributed by atoms with Gasteiger partial charge in [0, 0.05) is 16.8 Å². The Morgan fingerprint density at radius 2 is 1.28 bits per heavy atom. The maximum atomic E-state index is 7.03. The van der Waals surface area contributed by atoms with Crippen molar-refractivity contribution in [1.29, 1.82) is 0 Å². The van der Waals surface area contributed by atoms with E-state index in [-0.39, 0.29) is 0 Å². The predicted octanol–water partition coefficient (Wildman–Crippen LogP) is 6.80. The van der Waals surface area contributed by atoms with Crippen molar-refractivity contribution in [2.24, 2.45) is 0 Å². The summed E-state index contributed by atoms with van der Waals surface area (Å²) in [5, 5.41) is 5.94. The van der Waals surface area contributed by atoms with Gasteiger partial charge in [0.15, 0.2) is 5.69 Å². The molecule has 0 radical (unpaired) electrons. The van der Waals surface area contributed by atoms with Crippen LogP contribution in [0.4, 0.5) is 17.1 Å². The number of hydrogen-bond donors (Lipinski definition) is 1. The maximum Gasteiger partial charge on any atom is 0.187 e. The molecule has 2 heteroatoms. The highest BCUT2D eigenvalue weighted by Crippen LogP contribution is 2.28. The third kappa shape index (κ3) is 3.08. The first-order chi connectivity index (χ1) is 12.3. The van der Waals surface area contributed by atoms with Gasteiger partial charge in [-0.2, -0.15) is 0 Å². The lowest BCUT2D eigenvalue weighted by molar-refractivity contribution is 1.56. The van der Waals surface area contributed by atoms with E-state index in [1.807, 2.05) is 24.3 Å². The Hall–Kier alpha value is -3.57. The smallest absolute Gasteiger partial charge is 0.187 e. The summed E-state index contributed by atoms with van der Waals surface area (Å²) >= 11 is 0. The van der Waals surface area contributed by atoms with Crippen LogP contribution in [0.15, 0.2) is 91.0 Å². The lowest BCUT2D eigenvalue weighted by Gasteiger charge is -2.11. The molecule has 25 heavy (non-hydrogen) atoms. The second kappa shape index (κ2) is 6.51. The van der Waals surface area contributed by atoms with Gasteiger partial charge in [-0.3, -0.25) is 0 Å². The Morgan fingerprint density at radius 1 is 0.640 bits per heavy atom. The van der Waals surface area contributed by atoms with Crippen molar-refractivity contribution in [1.82, 2.24) is 0 Å². The van der Waals surface area contributed by atoms with E-state index in [2.05, 4.69) is 76.9 Å². The molecular weight excluding hydrogens is 304 g/mol. The molecule has 0 heterocycles. The molecular formula is C23H16N2. The summed E-state index contributed by atoms with van der Waals surface area (Å²) < 4.78 is 0. The molecule has 0 atom stereocenters. The summed E-state index contributed by atoms with van der Waals surface area (Å²) in [5.41, 5.74) is 5.08. The Balaban J connectivity index is 1.60. The summed E-state index contributed by atoms with van der Waals surface area (Å²) in [6.45, 7) is 7.03. The molecule has 0 fully saturated rings. The molecule has 4 aromatic rings. The molecule has 0 spiro atoms. The van der Waals surface area contributed by atoms with Crippen LogP contribution in [0.1, 0.15) is 0 Å². The van der Waals surface area contributed by atoms with Gasteiger partial charge in [0.1, 0.15) is 0 Å². The van der Waals surface area contributed by atoms with Gasteiger partial charge in [0.05, 0.1) is 6.57 Å². The molecule has 1 N–H and O–H groups in total. The number of rotatable bonds is 3. The number of benzene rings is 4. The van der Waals surface area contributed by atoms with Gasteiger partial charge in [-0.05, 0) is 34.7 Å². The minimum atomic E-state index is 0.665. The van der Waals surface area contributed by atoms with Crippen LogP contribution in [0.3, 0.4) is 0 Å². The first kappa shape index (κ1) is 15.0. The van der Waals surface area contributed by atoms with E-state index >= 15 is 0 Å². The molecule has 0 saturated heterocycles. The number of nitrogens with one attached hydrogen (secondary N) is 1. The maximum absolute atomic E-state index is 7.03. The Labute approximate surface area is 147 Å². The fraction of sp³-hybridized carbons (Fsp3) is 0. The van der Waals surface area contributed by atoms with Crippen LogP contribution in [-0.2, 0) is 0 Å². The highest BCUT2D eigenvalue weighted by Gasteiger charge is 2.02. The SMILES string of the molecule is [C-]#[N+]c1ccc(-c2ccc(Nc3cccc4ccccc34)cc2)cc1. The van der Waals surface area contributed by atoms with E-state index in [1.165, 1.54) is 10.8 Å². The van der Waals surface area contributed by atoms with Crippen LogP contribution in [-0.4, -0.2) is 0 Å². The molecule has 0 aliphatic carbocycles. The average Bonchev–Trinajstić information content (AvgIpc) is 2.69. The Kier molecular flexibility index (Phi) is 3.90. The predicted molar refractivity (Wildman–Crippen MR) is 105 cm³/mol. The first-order valence-electron chi connectivity index (χ1n) is 8.16. The average molecular weight is 320 g/mol. The van der Waals surface area contributed by atoms with Crippen molar-refractivity contribution in [3.8, 4) is 11.1 Å². The normalized spacial score (nSPS) is 10.4. The summed E-state index contributed by atoms with van der Waals surface area (Å²) in [7, 11) is 0. The minimum absolute atomic E-state index is 0.665. The van der Waals surface area contributed by atoms with Gasteiger partial charge in [0.25, 0.3) is 0 Å². The molecule has 0 aliphatic rings. The Bertz CT molecular complexity index is 1050. The molecule has 4 aromatic carbocycles. The van der Waals surface area contributed by atoms with Gasteiger partial charge in [-0.25, -0.2) is 4.85 Å². The number of fused-ring (bicyclic) bond motifs is 1. The fourth-order valence-electron chi connectivity index (χ4n) is 2.96. The van der Waals surface area contributed by atoms with Gasteiger partial charge in [-0.1, -0.05) is 72.8 Å². The topological polar surface area (TPSA) is 16.4 Å². The minimum Gasteiger partial charge on any atom is -0.355 e. The Morgan fingerprint density at radius 3 is 2.00 bits per heavy atom. The van der Waals surface area contributed by atoms with Crippen molar-refractivity contribution in [2.45, 2.75) is 0 Å². The third-order valence-electron chi connectivity index (χ3n) is 4.28. The van der Waals surface area contributed by atoms with Gasteiger partial charge < -0.3 is 5.32 Å². The van der Waals surface area contributed by atoms with Crippen LogP contribution < -0.4 is 5.32 Å². The van der Waals surface area contributed by atoms with Crippen LogP contribution in [0.25, 0.3) is 26.7 Å². The molecule has 4 rings (SSSR count).